The van der Waals surface area contributed by atoms with E-state index in [9.17, 15) is 0 Å². The Bertz CT molecular complexity index is 237. The van der Waals surface area contributed by atoms with Gasteiger partial charge in [0.05, 0.1) is 0 Å². The predicted molar refractivity (Wildman–Crippen MR) is 58.3 cm³/mol. The van der Waals surface area contributed by atoms with E-state index in [1.807, 2.05) is 11.8 Å². The molecule has 0 amide bonds. The molecule has 0 aromatic heterocycles. The number of rotatable bonds is 2. The summed E-state index contributed by atoms with van der Waals surface area (Å²) in [5.74, 6) is 0. The highest BCUT2D eigenvalue weighted by Gasteiger charge is 2.14. The van der Waals surface area contributed by atoms with Gasteiger partial charge in [0.2, 0.25) is 0 Å². The molecule has 0 unspecified atom stereocenters. The molecule has 1 saturated carbocycles. The molecule has 0 N–H and O–H groups in total. The molecule has 0 atom stereocenters. The maximum atomic E-state index is 2.40. The van der Waals surface area contributed by atoms with Gasteiger partial charge >= 0.3 is 0 Å². The van der Waals surface area contributed by atoms with Crippen LogP contribution in [0, 0.1) is 11.7 Å². The summed E-state index contributed by atoms with van der Waals surface area (Å²) in [6, 6.07) is 10.7. The molecule has 1 aromatic rings. The van der Waals surface area contributed by atoms with Gasteiger partial charge in [-0.15, -0.1) is 11.8 Å². The lowest BCUT2D eigenvalue weighted by Crippen LogP contribution is -1.99. The molecule has 0 heterocycles. The molecule has 1 fully saturated rings. The number of hydrogen-bond donors (Lipinski definition) is 0. The van der Waals surface area contributed by atoms with Crippen LogP contribution in [-0.4, -0.2) is 0 Å². The van der Waals surface area contributed by atoms with Crippen molar-refractivity contribution in [3.05, 3.63) is 42.0 Å². The molecule has 68 valence electrons. The largest absolute Gasteiger partial charge is 0.118 e. The lowest BCUT2D eigenvalue weighted by Gasteiger charge is -2.19. The van der Waals surface area contributed by atoms with Crippen LogP contribution in [0.1, 0.15) is 25.7 Å². The molecule has 1 aliphatic carbocycles. The number of thioether (sulfide) groups is 1. The van der Waals surface area contributed by atoms with E-state index < -0.39 is 0 Å². The van der Waals surface area contributed by atoms with E-state index in [2.05, 4.69) is 36.8 Å². The summed E-state index contributed by atoms with van der Waals surface area (Å²) in [5.41, 5.74) is 0. The summed E-state index contributed by atoms with van der Waals surface area (Å²) >= 11 is 1.96. The maximum absolute atomic E-state index is 2.40. The van der Waals surface area contributed by atoms with Crippen molar-refractivity contribution < 1.29 is 0 Å². The monoisotopic (exact) mass is 190 g/mol. The van der Waals surface area contributed by atoms with Gasteiger partial charge in [0.1, 0.15) is 0 Å². The fourth-order valence-corrected chi connectivity index (χ4v) is 2.62. The van der Waals surface area contributed by atoms with Crippen LogP contribution < -0.4 is 0 Å². The zero-order valence-corrected chi connectivity index (χ0v) is 8.52. The SMILES string of the molecule is [CH]1CC[C](Sc2ccccc2)CC1. The Morgan fingerprint density at radius 2 is 1.62 bits per heavy atom. The summed E-state index contributed by atoms with van der Waals surface area (Å²) < 4.78 is 0. The fourth-order valence-electron chi connectivity index (χ4n) is 1.55. The predicted octanol–water partition coefficient (Wildman–Crippen LogP) is 4.09. The average molecular weight is 190 g/mol. The zero-order chi connectivity index (χ0) is 8.93. The lowest BCUT2D eigenvalue weighted by molar-refractivity contribution is 0.693. The van der Waals surface area contributed by atoms with Crippen molar-refractivity contribution in [1.29, 1.82) is 0 Å². The van der Waals surface area contributed by atoms with Crippen LogP contribution in [0.25, 0.3) is 0 Å². The van der Waals surface area contributed by atoms with Gasteiger partial charge in [-0.2, -0.15) is 0 Å². The first kappa shape index (κ1) is 9.14. The molecule has 0 aliphatic heterocycles. The molecule has 1 aromatic carbocycles. The van der Waals surface area contributed by atoms with Crippen molar-refractivity contribution >= 4 is 11.8 Å². The highest BCUT2D eigenvalue weighted by molar-refractivity contribution is 8.02. The molecule has 13 heavy (non-hydrogen) atoms. The molecule has 1 aliphatic rings. The minimum Gasteiger partial charge on any atom is -0.118 e. The van der Waals surface area contributed by atoms with Crippen LogP contribution in [0.15, 0.2) is 35.2 Å². The molecule has 2 radical (unpaired) electrons. The smallest absolute Gasteiger partial charge is 0.0357 e. The van der Waals surface area contributed by atoms with Gasteiger partial charge in [0, 0.05) is 10.1 Å². The van der Waals surface area contributed by atoms with Crippen molar-refractivity contribution in [3.63, 3.8) is 0 Å². The van der Waals surface area contributed by atoms with E-state index in [4.69, 9.17) is 0 Å². The van der Waals surface area contributed by atoms with Gasteiger partial charge in [-0.3, -0.25) is 0 Å². The van der Waals surface area contributed by atoms with Crippen LogP contribution in [0.3, 0.4) is 0 Å². The van der Waals surface area contributed by atoms with E-state index in [1.54, 1.807) is 5.25 Å². The summed E-state index contributed by atoms with van der Waals surface area (Å²) in [6.07, 6.45) is 7.50. The lowest BCUT2D eigenvalue weighted by atomic mass is 10.0. The third-order valence-corrected chi connectivity index (χ3v) is 3.46. The minimum absolute atomic E-state index is 1.27. The van der Waals surface area contributed by atoms with Crippen LogP contribution in [0.2, 0.25) is 0 Å². The van der Waals surface area contributed by atoms with Crippen molar-refractivity contribution in [3.8, 4) is 0 Å². The first-order valence-electron chi connectivity index (χ1n) is 4.84. The molecule has 0 bridgehead atoms. The third-order valence-electron chi connectivity index (χ3n) is 2.26. The van der Waals surface area contributed by atoms with Crippen LogP contribution in [0.5, 0.6) is 0 Å². The van der Waals surface area contributed by atoms with E-state index in [0.29, 0.717) is 0 Å². The van der Waals surface area contributed by atoms with E-state index in [0.717, 1.165) is 0 Å². The molecule has 1 heteroatoms. The van der Waals surface area contributed by atoms with Gasteiger partial charge in [0.15, 0.2) is 0 Å². The molecule has 0 nitrogen and oxygen atoms in total. The van der Waals surface area contributed by atoms with Crippen molar-refractivity contribution in [2.24, 2.45) is 0 Å². The highest BCUT2D eigenvalue weighted by atomic mass is 32.2. The summed E-state index contributed by atoms with van der Waals surface area (Å²) in [6.45, 7) is 0. The number of hydrogen-bond acceptors (Lipinski definition) is 1. The maximum Gasteiger partial charge on any atom is 0.0357 e. The van der Waals surface area contributed by atoms with Gasteiger partial charge in [-0.1, -0.05) is 18.2 Å². The Labute approximate surface area is 84.7 Å². The van der Waals surface area contributed by atoms with Gasteiger partial charge < -0.3 is 0 Å². The number of benzene rings is 1. The molecular formula is C12H14S. The Morgan fingerprint density at radius 1 is 0.923 bits per heavy atom. The van der Waals surface area contributed by atoms with Crippen LogP contribution in [0.4, 0.5) is 0 Å². The topological polar surface area (TPSA) is 0 Å². The summed E-state index contributed by atoms with van der Waals surface area (Å²) in [4.78, 5) is 1.39. The molecule has 2 rings (SSSR count). The highest BCUT2D eigenvalue weighted by Crippen LogP contribution is 2.38. The normalized spacial score (nSPS) is 18.8. The van der Waals surface area contributed by atoms with Gasteiger partial charge in [-0.25, -0.2) is 0 Å². The minimum atomic E-state index is 1.27. The van der Waals surface area contributed by atoms with Crippen molar-refractivity contribution in [2.45, 2.75) is 30.6 Å². The van der Waals surface area contributed by atoms with E-state index >= 15 is 0 Å². The van der Waals surface area contributed by atoms with Crippen molar-refractivity contribution in [2.75, 3.05) is 0 Å². The van der Waals surface area contributed by atoms with Crippen LogP contribution >= 0.6 is 11.8 Å². The second-order valence-corrected chi connectivity index (χ2v) is 4.57. The third kappa shape index (κ3) is 2.77. The Morgan fingerprint density at radius 3 is 2.31 bits per heavy atom. The van der Waals surface area contributed by atoms with Crippen LogP contribution in [-0.2, 0) is 0 Å². The summed E-state index contributed by atoms with van der Waals surface area (Å²) in [5, 5.41) is 1.65. The van der Waals surface area contributed by atoms with Crippen molar-refractivity contribution in [1.82, 2.24) is 0 Å². The molecular weight excluding hydrogens is 176 g/mol. The second-order valence-electron chi connectivity index (χ2n) is 3.32. The standard InChI is InChI=1S/C12H14S/c1-3-7-11(8-4-1)13-12-9-5-2-6-10-12/h1-4,7-8H,5-6,9-10H2. The first-order chi connectivity index (χ1) is 6.45. The second kappa shape index (κ2) is 4.71. The van der Waals surface area contributed by atoms with Gasteiger partial charge in [0.25, 0.3) is 0 Å². The summed E-state index contributed by atoms with van der Waals surface area (Å²) in [7, 11) is 0. The Hall–Kier alpha value is -0.430. The zero-order valence-electron chi connectivity index (χ0n) is 7.70. The first-order valence-corrected chi connectivity index (χ1v) is 5.66. The van der Waals surface area contributed by atoms with E-state index in [1.165, 1.54) is 30.6 Å². The Balaban J connectivity index is 1.90. The van der Waals surface area contributed by atoms with Gasteiger partial charge in [-0.05, 0) is 44.2 Å². The van der Waals surface area contributed by atoms with E-state index in [-0.39, 0.29) is 0 Å². The fraction of sp³-hybridized carbons (Fsp3) is 0.333. The molecule has 0 saturated heterocycles. The molecule has 0 spiro atoms. The average Bonchev–Trinajstić information content (AvgIpc) is 2.21. The quantitative estimate of drug-likeness (QED) is 0.677. The Kier molecular flexibility index (Phi) is 3.31.